The molecular weight excluding hydrogens is 248 g/mol. The number of hydrogen-bond acceptors (Lipinski definition) is 3. The third-order valence-corrected chi connectivity index (χ3v) is 4.26. The Morgan fingerprint density at radius 2 is 2.00 bits per heavy atom. The van der Waals surface area contributed by atoms with Crippen molar-refractivity contribution in [3.8, 4) is 6.07 Å². The minimum absolute atomic E-state index is 0.148. The predicted molar refractivity (Wildman–Crippen MR) is 80.3 cm³/mol. The first-order valence-electron chi connectivity index (χ1n) is 7.25. The second-order valence-electron chi connectivity index (χ2n) is 5.29. The van der Waals surface area contributed by atoms with E-state index >= 15 is 0 Å². The van der Waals surface area contributed by atoms with Gasteiger partial charge in [-0.2, -0.15) is 5.26 Å². The van der Waals surface area contributed by atoms with Crippen molar-refractivity contribution in [2.45, 2.75) is 13.0 Å². The molecular formula is C16H20N4. The first-order valence-corrected chi connectivity index (χ1v) is 7.25. The number of nitrogens with one attached hydrogen (secondary N) is 1. The highest BCUT2D eigenvalue weighted by atomic mass is 15.3. The van der Waals surface area contributed by atoms with E-state index in [0.717, 1.165) is 49.2 Å². The molecule has 0 spiro atoms. The van der Waals surface area contributed by atoms with Gasteiger partial charge in [0, 0.05) is 48.8 Å². The molecule has 1 aromatic heterocycles. The van der Waals surface area contributed by atoms with E-state index in [1.165, 1.54) is 0 Å². The summed E-state index contributed by atoms with van der Waals surface area (Å²) in [5, 5.41) is 10.8. The average molecular weight is 268 g/mol. The number of piperazine rings is 1. The van der Waals surface area contributed by atoms with Gasteiger partial charge in [-0.25, -0.2) is 0 Å². The lowest BCUT2D eigenvalue weighted by atomic mass is 10.0. The van der Waals surface area contributed by atoms with Crippen molar-refractivity contribution in [3.63, 3.8) is 0 Å². The molecule has 1 N–H and O–H groups in total. The number of aromatic nitrogens is 1. The summed E-state index contributed by atoms with van der Waals surface area (Å²) in [5.41, 5.74) is 2.21. The lowest BCUT2D eigenvalue weighted by Crippen LogP contribution is -2.47. The van der Waals surface area contributed by atoms with Crippen molar-refractivity contribution in [3.05, 3.63) is 36.0 Å². The summed E-state index contributed by atoms with van der Waals surface area (Å²) in [6.07, 6.45) is 1.99. The quantitative estimate of drug-likeness (QED) is 0.929. The molecule has 0 saturated carbocycles. The smallest absolute Gasteiger partial charge is 0.126 e. The second kappa shape index (κ2) is 5.66. The summed E-state index contributed by atoms with van der Waals surface area (Å²) in [6.45, 7) is 7.32. The number of aromatic amines is 1. The van der Waals surface area contributed by atoms with E-state index < -0.39 is 0 Å². The molecule has 1 saturated heterocycles. The Kier molecular flexibility index (Phi) is 3.72. The van der Waals surface area contributed by atoms with E-state index in [9.17, 15) is 5.26 Å². The molecule has 1 unspecified atom stereocenters. The fourth-order valence-electron chi connectivity index (χ4n) is 3.01. The normalized spacial score (nSPS) is 19.0. The third-order valence-electron chi connectivity index (χ3n) is 4.26. The number of benzene rings is 1. The molecule has 0 amide bonds. The van der Waals surface area contributed by atoms with Crippen LogP contribution in [0.25, 0.3) is 10.9 Å². The van der Waals surface area contributed by atoms with Gasteiger partial charge in [-0.05, 0) is 12.6 Å². The van der Waals surface area contributed by atoms with Gasteiger partial charge in [0.15, 0.2) is 0 Å². The Hall–Kier alpha value is -1.83. The highest BCUT2D eigenvalue weighted by molar-refractivity contribution is 5.83. The summed E-state index contributed by atoms with van der Waals surface area (Å²) in [4.78, 5) is 8.00. The molecule has 1 fully saturated rings. The first kappa shape index (κ1) is 13.2. The van der Waals surface area contributed by atoms with Crippen LogP contribution in [-0.4, -0.2) is 47.5 Å². The standard InChI is InChI=1S/C16H20N4/c1-2-19-7-9-20(10-8-19)16(11-17)14-12-18-15-6-4-3-5-13(14)15/h3-6,12,16,18H,2,7-10H2,1H3. The topological polar surface area (TPSA) is 46.1 Å². The van der Waals surface area contributed by atoms with E-state index in [1.54, 1.807) is 0 Å². The maximum absolute atomic E-state index is 9.61. The number of nitriles is 1. The lowest BCUT2D eigenvalue weighted by molar-refractivity contribution is 0.119. The Morgan fingerprint density at radius 1 is 1.25 bits per heavy atom. The fourth-order valence-corrected chi connectivity index (χ4v) is 3.01. The van der Waals surface area contributed by atoms with Crippen LogP contribution in [0.15, 0.2) is 30.5 Å². The van der Waals surface area contributed by atoms with Crippen LogP contribution < -0.4 is 0 Å². The van der Waals surface area contributed by atoms with E-state index in [0.29, 0.717) is 0 Å². The Morgan fingerprint density at radius 3 is 2.70 bits per heavy atom. The molecule has 0 aliphatic carbocycles. The second-order valence-corrected chi connectivity index (χ2v) is 5.29. The Labute approximate surface area is 119 Å². The van der Waals surface area contributed by atoms with E-state index in [2.05, 4.69) is 39.9 Å². The molecule has 1 aliphatic rings. The molecule has 0 bridgehead atoms. The van der Waals surface area contributed by atoms with Gasteiger partial charge in [-0.15, -0.1) is 0 Å². The fraction of sp³-hybridized carbons (Fsp3) is 0.438. The first-order chi connectivity index (χ1) is 9.83. The van der Waals surface area contributed by atoms with Crippen LogP contribution >= 0.6 is 0 Å². The van der Waals surface area contributed by atoms with Crippen LogP contribution in [0.2, 0.25) is 0 Å². The van der Waals surface area contributed by atoms with Crippen molar-refractivity contribution in [2.24, 2.45) is 0 Å². The summed E-state index contributed by atoms with van der Waals surface area (Å²) in [6, 6.07) is 10.5. The highest BCUT2D eigenvalue weighted by Gasteiger charge is 2.26. The molecule has 20 heavy (non-hydrogen) atoms. The van der Waals surface area contributed by atoms with Gasteiger partial charge >= 0.3 is 0 Å². The molecule has 0 radical (unpaired) electrons. The van der Waals surface area contributed by atoms with Crippen LogP contribution in [0.4, 0.5) is 0 Å². The Bertz CT molecular complexity index is 617. The van der Waals surface area contributed by atoms with Crippen LogP contribution in [0.1, 0.15) is 18.5 Å². The van der Waals surface area contributed by atoms with Gasteiger partial charge in [-0.1, -0.05) is 25.1 Å². The zero-order valence-electron chi connectivity index (χ0n) is 11.8. The average Bonchev–Trinajstić information content (AvgIpc) is 2.93. The molecule has 1 aromatic carbocycles. The minimum atomic E-state index is -0.148. The summed E-state index contributed by atoms with van der Waals surface area (Å²) < 4.78 is 0. The van der Waals surface area contributed by atoms with E-state index in [4.69, 9.17) is 0 Å². The number of hydrogen-bond donors (Lipinski definition) is 1. The van der Waals surface area contributed by atoms with Gasteiger partial charge in [0.25, 0.3) is 0 Å². The zero-order chi connectivity index (χ0) is 13.9. The Balaban J connectivity index is 1.86. The molecule has 4 heteroatoms. The lowest BCUT2D eigenvalue weighted by Gasteiger charge is -2.36. The summed E-state index contributed by atoms with van der Waals surface area (Å²) >= 11 is 0. The number of likely N-dealkylation sites (N-methyl/N-ethyl adjacent to an activating group) is 1. The monoisotopic (exact) mass is 268 g/mol. The van der Waals surface area contributed by atoms with E-state index in [1.807, 2.05) is 18.3 Å². The van der Waals surface area contributed by atoms with Crippen molar-refractivity contribution in [1.82, 2.24) is 14.8 Å². The minimum Gasteiger partial charge on any atom is -0.361 e. The molecule has 104 valence electrons. The van der Waals surface area contributed by atoms with Crippen LogP contribution in [0.5, 0.6) is 0 Å². The number of H-pyrrole nitrogens is 1. The van der Waals surface area contributed by atoms with Crippen molar-refractivity contribution in [1.29, 1.82) is 5.26 Å². The van der Waals surface area contributed by atoms with Crippen molar-refractivity contribution >= 4 is 10.9 Å². The van der Waals surface area contributed by atoms with Gasteiger partial charge < -0.3 is 9.88 Å². The number of para-hydroxylation sites is 1. The molecule has 2 aromatic rings. The molecule has 1 atom stereocenters. The maximum Gasteiger partial charge on any atom is 0.126 e. The maximum atomic E-state index is 9.61. The molecule has 3 rings (SSSR count). The third kappa shape index (κ3) is 2.31. The zero-order valence-corrected chi connectivity index (χ0v) is 11.8. The van der Waals surface area contributed by atoms with Crippen molar-refractivity contribution in [2.75, 3.05) is 32.7 Å². The molecule has 4 nitrogen and oxygen atoms in total. The largest absolute Gasteiger partial charge is 0.361 e. The van der Waals surface area contributed by atoms with E-state index in [-0.39, 0.29) is 6.04 Å². The van der Waals surface area contributed by atoms with Gasteiger partial charge in [0.1, 0.15) is 6.04 Å². The van der Waals surface area contributed by atoms with Crippen LogP contribution in [0.3, 0.4) is 0 Å². The highest BCUT2D eigenvalue weighted by Crippen LogP contribution is 2.28. The predicted octanol–water partition coefficient (Wildman–Crippen LogP) is 2.37. The summed E-state index contributed by atoms with van der Waals surface area (Å²) in [7, 11) is 0. The SMILES string of the molecule is CCN1CCN(C(C#N)c2c[nH]c3ccccc23)CC1. The number of nitrogens with zero attached hydrogens (tertiary/aromatic N) is 3. The molecule has 1 aliphatic heterocycles. The molecule has 2 heterocycles. The van der Waals surface area contributed by atoms with Crippen molar-refractivity contribution < 1.29 is 0 Å². The summed E-state index contributed by atoms with van der Waals surface area (Å²) in [5.74, 6) is 0. The van der Waals surface area contributed by atoms with Crippen LogP contribution in [0, 0.1) is 11.3 Å². The van der Waals surface area contributed by atoms with Gasteiger partial charge in [0.05, 0.1) is 6.07 Å². The van der Waals surface area contributed by atoms with Gasteiger partial charge in [-0.3, -0.25) is 4.90 Å². The van der Waals surface area contributed by atoms with Crippen LogP contribution in [-0.2, 0) is 0 Å². The number of rotatable bonds is 3. The van der Waals surface area contributed by atoms with Gasteiger partial charge in [0.2, 0.25) is 0 Å². The number of fused-ring (bicyclic) bond motifs is 1.